The minimum atomic E-state index is 0.801. The molecule has 0 aliphatic heterocycles. The summed E-state index contributed by atoms with van der Waals surface area (Å²) in [6.07, 6.45) is 8.83. The van der Waals surface area contributed by atoms with Gasteiger partial charge in [-0.15, -0.1) is 0 Å². The van der Waals surface area contributed by atoms with Gasteiger partial charge in [-0.2, -0.15) is 24.4 Å². The van der Waals surface area contributed by atoms with Crippen molar-refractivity contribution in [2.75, 3.05) is 31.0 Å². The van der Waals surface area contributed by atoms with E-state index in [4.69, 9.17) is 4.74 Å². The quantitative estimate of drug-likeness (QED) is 0.449. The van der Waals surface area contributed by atoms with Crippen LogP contribution in [0.25, 0.3) is 0 Å². The van der Waals surface area contributed by atoms with Gasteiger partial charge in [0.15, 0.2) is 0 Å². The van der Waals surface area contributed by atoms with E-state index in [1.165, 1.54) is 37.9 Å². The van der Waals surface area contributed by atoms with Crippen LogP contribution >= 0.6 is 24.4 Å². The Morgan fingerprint density at radius 2 is 1.69 bits per heavy atom. The average molecular weight is 222 g/mol. The average Bonchev–Trinajstić information content (AvgIpc) is 2.16. The molecule has 0 aromatic carbocycles. The second-order valence-corrected chi connectivity index (χ2v) is 4.53. The Kier molecular flexibility index (Phi) is 13.3. The van der Waals surface area contributed by atoms with Crippen LogP contribution in [-0.2, 0) is 4.74 Å². The molecule has 0 aliphatic carbocycles. The van der Waals surface area contributed by atoms with Crippen LogP contribution in [0.15, 0.2) is 0 Å². The second-order valence-electron chi connectivity index (χ2n) is 3.10. The number of thiol groups is 1. The number of unbranched alkanes of at least 4 members (excludes halogenated alkanes) is 4. The highest BCUT2D eigenvalue weighted by Crippen LogP contribution is 2.06. The molecule has 1 nitrogen and oxygen atoms in total. The third-order valence-electron chi connectivity index (χ3n) is 1.87. The fraction of sp³-hybridized carbons (Fsp3) is 1.00. The molecule has 0 spiro atoms. The highest BCUT2D eigenvalue weighted by molar-refractivity contribution is 7.98. The van der Waals surface area contributed by atoms with Crippen LogP contribution in [-0.4, -0.2) is 31.0 Å². The number of hydrogen-bond donors (Lipinski definition) is 1. The van der Waals surface area contributed by atoms with E-state index in [1.807, 2.05) is 11.8 Å². The summed E-state index contributed by atoms with van der Waals surface area (Å²) < 4.78 is 5.33. The van der Waals surface area contributed by atoms with E-state index in [1.54, 1.807) is 0 Å². The Hall–Kier alpha value is 0.660. The fourth-order valence-electron chi connectivity index (χ4n) is 1.15. The molecule has 0 N–H and O–H groups in total. The molecule has 0 aromatic rings. The van der Waals surface area contributed by atoms with Crippen molar-refractivity contribution in [2.24, 2.45) is 0 Å². The van der Waals surface area contributed by atoms with Crippen molar-refractivity contribution in [1.82, 2.24) is 0 Å². The first-order chi connectivity index (χ1) is 6.41. The molecule has 13 heavy (non-hydrogen) atoms. The predicted octanol–water partition coefficient (Wildman–Crippen LogP) is 3.25. The van der Waals surface area contributed by atoms with E-state index in [-0.39, 0.29) is 0 Å². The monoisotopic (exact) mass is 222 g/mol. The number of rotatable bonds is 10. The number of ether oxygens (including phenoxy) is 1. The van der Waals surface area contributed by atoms with Crippen molar-refractivity contribution >= 4 is 24.4 Å². The normalized spacial score (nSPS) is 10.6. The molecule has 3 heteroatoms. The molecule has 0 atom stereocenters. The molecule has 0 aliphatic rings. The van der Waals surface area contributed by atoms with Gasteiger partial charge in [0.05, 0.1) is 6.61 Å². The lowest BCUT2D eigenvalue weighted by molar-refractivity contribution is 0.145. The minimum absolute atomic E-state index is 0.801. The number of hydrogen-bond acceptors (Lipinski definition) is 3. The number of thioether (sulfide) groups is 1. The third-order valence-corrected chi connectivity index (χ3v) is 2.75. The van der Waals surface area contributed by atoms with Gasteiger partial charge in [-0.1, -0.05) is 19.3 Å². The zero-order valence-corrected chi connectivity index (χ0v) is 10.3. The van der Waals surface area contributed by atoms with Crippen LogP contribution in [0.3, 0.4) is 0 Å². The Balaban J connectivity index is 2.76. The topological polar surface area (TPSA) is 9.23 Å². The summed E-state index contributed by atoms with van der Waals surface area (Å²) in [6, 6.07) is 0. The van der Waals surface area contributed by atoms with Crippen molar-refractivity contribution in [3.63, 3.8) is 0 Å². The van der Waals surface area contributed by atoms with E-state index >= 15 is 0 Å². The SMILES string of the molecule is CSCCCCCCCOCCS. The first-order valence-electron chi connectivity index (χ1n) is 5.09. The molecule has 0 heterocycles. The Morgan fingerprint density at radius 1 is 1.00 bits per heavy atom. The summed E-state index contributed by atoms with van der Waals surface area (Å²) in [5, 5.41) is 0. The van der Waals surface area contributed by atoms with Crippen molar-refractivity contribution in [1.29, 1.82) is 0 Å². The summed E-state index contributed by atoms with van der Waals surface area (Å²) in [5.41, 5.74) is 0. The van der Waals surface area contributed by atoms with Crippen LogP contribution in [0.2, 0.25) is 0 Å². The second kappa shape index (κ2) is 12.7. The first kappa shape index (κ1) is 13.7. The van der Waals surface area contributed by atoms with Gasteiger partial charge in [0, 0.05) is 12.4 Å². The minimum Gasteiger partial charge on any atom is -0.381 e. The van der Waals surface area contributed by atoms with Crippen molar-refractivity contribution in [3.8, 4) is 0 Å². The lowest BCUT2D eigenvalue weighted by Gasteiger charge is -2.02. The molecule has 0 unspecified atom stereocenters. The van der Waals surface area contributed by atoms with Crippen molar-refractivity contribution in [3.05, 3.63) is 0 Å². The molecule has 0 aromatic heterocycles. The van der Waals surface area contributed by atoms with E-state index in [0.29, 0.717) is 0 Å². The largest absolute Gasteiger partial charge is 0.381 e. The van der Waals surface area contributed by atoms with Crippen LogP contribution in [0.5, 0.6) is 0 Å². The molecule has 0 radical (unpaired) electrons. The lowest BCUT2D eigenvalue weighted by atomic mass is 10.2. The predicted molar refractivity (Wildman–Crippen MR) is 66.1 cm³/mol. The first-order valence-corrected chi connectivity index (χ1v) is 7.12. The lowest BCUT2D eigenvalue weighted by Crippen LogP contribution is -1.97. The van der Waals surface area contributed by atoms with Crippen molar-refractivity contribution < 1.29 is 4.74 Å². The van der Waals surface area contributed by atoms with Gasteiger partial charge in [0.2, 0.25) is 0 Å². The Labute approximate surface area is 92.4 Å². The van der Waals surface area contributed by atoms with E-state index in [9.17, 15) is 0 Å². The molecular formula is C10H22OS2. The van der Waals surface area contributed by atoms with Gasteiger partial charge in [0.25, 0.3) is 0 Å². The molecule has 0 saturated carbocycles. The van der Waals surface area contributed by atoms with Crippen LogP contribution in [0, 0.1) is 0 Å². The summed E-state index contributed by atoms with van der Waals surface area (Å²) >= 11 is 6.02. The fourth-order valence-corrected chi connectivity index (χ4v) is 1.77. The summed E-state index contributed by atoms with van der Waals surface area (Å²) in [5.74, 6) is 2.16. The highest BCUT2D eigenvalue weighted by Gasteiger charge is 1.90. The Bertz CT molecular complexity index is 79.0. The molecule has 0 fully saturated rings. The van der Waals surface area contributed by atoms with Crippen LogP contribution in [0.4, 0.5) is 0 Å². The Morgan fingerprint density at radius 3 is 2.38 bits per heavy atom. The van der Waals surface area contributed by atoms with Crippen molar-refractivity contribution in [2.45, 2.75) is 32.1 Å². The molecular weight excluding hydrogens is 200 g/mol. The smallest absolute Gasteiger partial charge is 0.0554 e. The van der Waals surface area contributed by atoms with E-state index in [0.717, 1.165) is 19.0 Å². The van der Waals surface area contributed by atoms with Gasteiger partial charge in [-0.3, -0.25) is 0 Å². The standard InChI is InChI=1S/C10H22OS2/c1-13-10-6-4-2-3-5-7-11-8-9-12/h12H,2-10H2,1H3. The summed E-state index contributed by atoms with van der Waals surface area (Å²) in [4.78, 5) is 0. The maximum Gasteiger partial charge on any atom is 0.0554 e. The summed E-state index contributed by atoms with van der Waals surface area (Å²) in [7, 11) is 0. The maximum absolute atomic E-state index is 5.33. The molecule has 80 valence electrons. The van der Waals surface area contributed by atoms with Gasteiger partial charge < -0.3 is 4.74 Å². The highest BCUT2D eigenvalue weighted by atomic mass is 32.2. The van der Waals surface area contributed by atoms with Gasteiger partial charge >= 0.3 is 0 Å². The molecule has 0 saturated heterocycles. The van der Waals surface area contributed by atoms with Gasteiger partial charge in [-0.25, -0.2) is 0 Å². The van der Waals surface area contributed by atoms with Gasteiger partial charge in [0.1, 0.15) is 0 Å². The third kappa shape index (κ3) is 12.7. The van der Waals surface area contributed by atoms with Crippen LogP contribution < -0.4 is 0 Å². The summed E-state index contributed by atoms with van der Waals surface area (Å²) in [6.45, 7) is 1.72. The molecule has 0 bridgehead atoms. The van der Waals surface area contributed by atoms with Gasteiger partial charge in [-0.05, 0) is 24.9 Å². The molecule has 0 rings (SSSR count). The maximum atomic E-state index is 5.33. The molecule has 0 amide bonds. The van der Waals surface area contributed by atoms with Crippen LogP contribution in [0.1, 0.15) is 32.1 Å². The van der Waals surface area contributed by atoms with E-state index in [2.05, 4.69) is 18.9 Å². The zero-order chi connectivity index (χ0) is 9.78. The van der Waals surface area contributed by atoms with E-state index < -0.39 is 0 Å². The zero-order valence-electron chi connectivity index (χ0n) is 8.63.